The summed E-state index contributed by atoms with van der Waals surface area (Å²) < 4.78 is 16.9. The fraction of sp³-hybridized carbons (Fsp3) is 0.647. The van der Waals surface area contributed by atoms with Gasteiger partial charge in [0.25, 0.3) is 0 Å². The lowest BCUT2D eigenvalue weighted by atomic mass is 9.87. The molecule has 0 radical (unpaired) electrons. The van der Waals surface area contributed by atoms with Crippen LogP contribution >= 0.6 is 0 Å². The van der Waals surface area contributed by atoms with Crippen molar-refractivity contribution in [2.24, 2.45) is 5.41 Å². The molecule has 1 saturated heterocycles. The van der Waals surface area contributed by atoms with E-state index in [1.54, 1.807) is 14.2 Å². The van der Waals surface area contributed by atoms with E-state index in [0.717, 1.165) is 36.8 Å². The summed E-state index contributed by atoms with van der Waals surface area (Å²) in [5.74, 6) is 1.52. The fourth-order valence-electron chi connectivity index (χ4n) is 3.57. The first-order valence-corrected chi connectivity index (χ1v) is 7.81. The second kappa shape index (κ2) is 6.24. The van der Waals surface area contributed by atoms with Gasteiger partial charge in [-0.3, -0.25) is 0 Å². The molecule has 1 saturated carbocycles. The second-order valence-electron chi connectivity index (χ2n) is 6.25. The molecule has 21 heavy (non-hydrogen) atoms. The van der Waals surface area contributed by atoms with Gasteiger partial charge in [0.05, 0.1) is 26.9 Å². The average Bonchev–Trinajstić information content (AvgIpc) is 2.88. The van der Waals surface area contributed by atoms with Crippen molar-refractivity contribution < 1.29 is 14.2 Å². The highest BCUT2D eigenvalue weighted by Crippen LogP contribution is 2.40. The Hall–Kier alpha value is -1.26. The minimum Gasteiger partial charge on any atom is -0.493 e. The summed E-state index contributed by atoms with van der Waals surface area (Å²) in [6.45, 7) is 2.80. The smallest absolute Gasteiger partial charge is 0.161 e. The van der Waals surface area contributed by atoms with E-state index in [2.05, 4.69) is 11.4 Å². The molecule has 2 aliphatic rings. The number of nitrogens with one attached hydrogen (secondary N) is 1. The van der Waals surface area contributed by atoms with Crippen LogP contribution < -0.4 is 14.8 Å². The lowest BCUT2D eigenvalue weighted by Gasteiger charge is -2.26. The van der Waals surface area contributed by atoms with Crippen molar-refractivity contribution >= 4 is 0 Å². The number of benzene rings is 1. The quantitative estimate of drug-likeness (QED) is 0.929. The van der Waals surface area contributed by atoms with Crippen molar-refractivity contribution in [2.45, 2.75) is 31.8 Å². The minimum absolute atomic E-state index is 0.0878. The van der Waals surface area contributed by atoms with Crippen molar-refractivity contribution in [3.63, 3.8) is 0 Å². The third kappa shape index (κ3) is 3.01. The SMILES string of the molecule is COc1ccc(C2CNCC3(CCCC3)CO2)cc1OC. The van der Waals surface area contributed by atoms with Crippen LogP contribution in [0.2, 0.25) is 0 Å². The molecule has 1 spiro atoms. The predicted molar refractivity (Wildman–Crippen MR) is 82.0 cm³/mol. The first-order chi connectivity index (χ1) is 10.3. The van der Waals surface area contributed by atoms with Crippen LogP contribution in [0.5, 0.6) is 11.5 Å². The monoisotopic (exact) mass is 291 g/mol. The molecular weight excluding hydrogens is 266 g/mol. The molecule has 1 aromatic carbocycles. The normalized spacial score (nSPS) is 24.8. The van der Waals surface area contributed by atoms with Gasteiger partial charge < -0.3 is 19.5 Å². The largest absolute Gasteiger partial charge is 0.493 e. The first kappa shape index (κ1) is 14.7. The topological polar surface area (TPSA) is 39.7 Å². The Morgan fingerprint density at radius 3 is 2.62 bits per heavy atom. The summed E-state index contributed by atoms with van der Waals surface area (Å²) in [5.41, 5.74) is 1.51. The lowest BCUT2D eigenvalue weighted by molar-refractivity contribution is 0.0157. The number of methoxy groups -OCH3 is 2. The molecule has 2 fully saturated rings. The van der Waals surface area contributed by atoms with Gasteiger partial charge in [-0.25, -0.2) is 0 Å². The second-order valence-corrected chi connectivity index (χ2v) is 6.25. The van der Waals surface area contributed by atoms with Crippen LogP contribution in [0.25, 0.3) is 0 Å². The predicted octanol–water partition coefficient (Wildman–Crippen LogP) is 2.93. The number of hydrogen-bond donors (Lipinski definition) is 1. The zero-order valence-electron chi connectivity index (χ0n) is 13.0. The summed E-state index contributed by atoms with van der Waals surface area (Å²) >= 11 is 0. The fourth-order valence-corrected chi connectivity index (χ4v) is 3.57. The molecule has 0 bridgehead atoms. The highest BCUT2D eigenvalue weighted by atomic mass is 16.5. The van der Waals surface area contributed by atoms with Crippen molar-refractivity contribution in [1.82, 2.24) is 5.32 Å². The van der Waals surface area contributed by atoms with Gasteiger partial charge in [0, 0.05) is 18.5 Å². The van der Waals surface area contributed by atoms with Gasteiger partial charge in [-0.15, -0.1) is 0 Å². The zero-order valence-corrected chi connectivity index (χ0v) is 13.0. The Morgan fingerprint density at radius 1 is 1.14 bits per heavy atom. The summed E-state index contributed by atoms with van der Waals surface area (Å²) in [4.78, 5) is 0. The first-order valence-electron chi connectivity index (χ1n) is 7.81. The van der Waals surface area contributed by atoms with Crippen LogP contribution in [0.15, 0.2) is 18.2 Å². The van der Waals surface area contributed by atoms with Crippen LogP contribution in [0.3, 0.4) is 0 Å². The molecule has 1 aliphatic heterocycles. The molecule has 1 aromatic rings. The molecule has 0 amide bonds. The Labute approximate surface area is 126 Å². The molecule has 1 heterocycles. The lowest BCUT2D eigenvalue weighted by Crippen LogP contribution is -2.32. The van der Waals surface area contributed by atoms with Gasteiger partial charge in [-0.05, 0) is 30.5 Å². The van der Waals surface area contributed by atoms with E-state index in [1.165, 1.54) is 25.7 Å². The van der Waals surface area contributed by atoms with Crippen LogP contribution in [-0.2, 0) is 4.74 Å². The van der Waals surface area contributed by atoms with E-state index in [-0.39, 0.29) is 6.10 Å². The standard InChI is InChI=1S/C17H25NO3/c1-19-14-6-5-13(9-15(14)20-2)16-10-18-11-17(12-21-16)7-3-4-8-17/h5-6,9,16,18H,3-4,7-8,10-12H2,1-2H3. The minimum atomic E-state index is 0.0878. The molecule has 1 N–H and O–H groups in total. The molecule has 4 nitrogen and oxygen atoms in total. The van der Waals surface area contributed by atoms with Crippen LogP contribution in [0.1, 0.15) is 37.4 Å². The van der Waals surface area contributed by atoms with Crippen LogP contribution in [-0.4, -0.2) is 33.9 Å². The Morgan fingerprint density at radius 2 is 1.90 bits per heavy atom. The van der Waals surface area contributed by atoms with E-state index in [1.807, 2.05) is 12.1 Å². The maximum atomic E-state index is 6.24. The van der Waals surface area contributed by atoms with Crippen LogP contribution in [0.4, 0.5) is 0 Å². The van der Waals surface area contributed by atoms with Crippen molar-refractivity contribution in [1.29, 1.82) is 0 Å². The molecule has 0 aromatic heterocycles. The summed E-state index contributed by atoms with van der Waals surface area (Å²) in [5, 5.41) is 3.60. The Balaban J connectivity index is 1.75. The molecule has 3 rings (SSSR count). The van der Waals surface area contributed by atoms with Crippen LogP contribution in [0, 0.1) is 5.41 Å². The number of ether oxygens (including phenoxy) is 3. The van der Waals surface area contributed by atoms with Crippen molar-refractivity contribution in [2.75, 3.05) is 33.9 Å². The number of rotatable bonds is 3. The highest BCUT2D eigenvalue weighted by molar-refractivity contribution is 5.43. The molecule has 4 heteroatoms. The zero-order chi connectivity index (χ0) is 14.7. The van der Waals surface area contributed by atoms with Gasteiger partial charge in [0.15, 0.2) is 11.5 Å². The van der Waals surface area contributed by atoms with Gasteiger partial charge in [0.2, 0.25) is 0 Å². The average molecular weight is 291 g/mol. The van der Waals surface area contributed by atoms with Crippen molar-refractivity contribution in [3.05, 3.63) is 23.8 Å². The van der Waals surface area contributed by atoms with Gasteiger partial charge >= 0.3 is 0 Å². The molecule has 116 valence electrons. The highest BCUT2D eigenvalue weighted by Gasteiger charge is 2.36. The summed E-state index contributed by atoms with van der Waals surface area (Å²) in [6, 6.07) is 6.05. The van der Waals surface area contributed by atoms with Gasteiger partial charge in [-0.2, -0.15) is 0 Å². The van der Waals surface area contributed by atoms with Gasteiger partial charge in [-0.1, -0.05) is 18.9 Å². The Kier molecular flexibility index (Phi) is 4.36. The maximum Gasteiger partial charge on any atom is 0.161 e. The molecule has 1 unspecified atom stereocenters. The van der Waals surface area contributed by atoms with E-state index in [4.69, 9.17) is 14.2 Å². The van der Waals surface area contributed by atoms with E-state index < -0.39 is 0 Å². The maximum absolute atomic E-state index is 6.24. The molecule has 1 aliphatic carbocycles. The van der Waals surface area contributed by atoms with Crippen molar-refractivity contribution in [3.8, 4) is 11.5 Å². The van der Waals surface area contributed by atoms with Gasteiger partial charge in [0.1, 0.15) is 0 Å². The molecule has 1 atom stereocenters. The number of hydrogen-bond acceptors (Lipinski definition) is 4. The summed E-state index contributed by atoms with van der Waals surface area (Å²) in [6.07, 6.45) is 5.35. The Bertz CT molecular complexity index is 483. The van der Waals surface area contributed by atoms with E-state index in [0.29, 0.717) is 5.41 Å². The molecular formula is C17H25NO3. The third-order valence-electron chi connectivity index (χ3n) is 4.86. The summed E-state index contributed by atoms with van der Waals surface area (Å²) in [7, 11) is 3.33. The van der Waals surface area contributed by atoms with E-state index >= 15 is 0 Å². The third-order valence-corrected chi connectivity index (χ3v) is 4.86. The van der Waals surface area contributed by atoms with E-state index in [9.17, 15) is 0 Å².